The number of nitrogens with zero attached hydrogens (tertiary/aromatic N) is 2. The van der Waals surface area contributed by atoms with Crippen molar-refractivity contribution in [2.45, 2.75) is 92.5 Å². The average molecular weight is 1410 g/mol. The van der Waals surface area contributed by atoms with Gasteiger partial charge < -0.3 is 95.3 Å². The van der Waals surface area contributed by atoms with E-state index < -0.39 is 29.3 Å². The summed E-state index contributed by atoms with van der Waals surface area (Å²) in [5, 5.41) is 2.85. The number of likely N-dealkylation sites (tertiary alicyclic amines) is 1. The molecule has 2 aliphatic rings. The topological polar surface area (TPSA) is 296 Å². The van der Waals surface area contributed by atoms with E-state index in [0.717, 1.165) is 0 Å². The second-order valence-corrected chi connectivity index (χ2v) is 24.3. The highest BCUT2D eigenvalue weighted by molar-refractivity contribution is 6.13. The molecule has 0 unspecified atom stereocenters. The van der Waals surface area contributed by atoms with E-state index in [9.17, 15) is 28.8 Å². The molecule has 28 heteroatoms. The number of ketones is 2. The number of esters is 1. The predicted molar refractivity (Wildman–Crippen MR) is 363 cm³/mol. The van der Waals surface area contributed by atoms with Crippen molar-refractivity contribution in [2.24, 2.45) is 17.3 Å². The van der Waals surface area contributed by atoms with E-state index in [2.05, 4.69) is 17.2 Å². The molecule has 28 nitrogen and oxygen atoms in total. The molecule has 99 heavy (non-hydrogen) atoms. The molecule has 0 radical (unpaired) electrons. The summed E-state index contributed by atoms with van der Waals surface area (Å²) >= 11 is 0. The first-order valence-corrected chi connectivity index (χ1v) is 34.8. The van der Waals surface area contributed by atoms with Crippen LogP contribution in [0.3, 0.4) is 0 Å². The van der Waals surface area contributed by atoms with Gasteiger partial charge in [0.15, 0.2) is 5.78 Å². The SMILES string of the molecule is CCOC[C@@H]1C[C@H](N2C(=O)C=CC2=O)CN1CC(=O)C[C@H](C(=O)N[C@@H](C)C(=O)Cc1ccc(COC(=O)C(C)(C)C)c(C#CCOCCOCCOCCOCCOCCOCCOCCOCCOCCOCCOCCOCCOCCOCCOCCOCCOC)c1)C(C)C. The van der Waals surface area contributed by atoms with Crippen molar-refractivity contribution in [2.75, 3.05) is 251 Å². The molecule has 1 fully saturated rings. The zero-order chi connectivity index (χ0) is 71.8. The summed E-state index contributed by atoms with van der Waals surface area (Å²) in [6.07, 6.45) is 2.90. The Morgan fingerprint density at radius 2 is 0.949 bits per heavy atom. The number of carbonyl (C=O) groups is 6. The second kappa shape index (κ2) is 57.7. The lowest BCUT2D eigenvalue weighted by atomic mass is 9.89. The molecular weight excluding hydrogens is 1290 g/mol. The van der Waals surface area contributed by atoms with Crippen LogP contribution in [-0.4, -0.2) is 315 Å². The first kappa shape index (κ1) is 88.4. The van der Waals surface area contributed by atoms with Crippen molar-refractivity contribution >= 4 is 35.3 Å². The number of Topliss-reactive ketones (excluding diaryl/α,β-unsaturated/α-hetero) is 2. The minimum atomic E-state index is -0.870. The van der Waals surface area contributed by atoms with Crippen LogP contribution in [0, 0.1) is 29.1 Å². The Morgan fingerprint density at radius 1 is 0.556 bits per heavy atom. The monoisotopic (exact) mass is 1410 g/mol. The third-order valence-corrected chi connectivity index (χ3v) is 15.0. The minimum Gasteiger partial charge on any atom is -0.460 e. The number of hydrogen-bond donors (Lipinski definition) is 1. The van der Waals surface area contributed by atoms with Crippen molar-refractivity contribution < 1.29 is 119 Å². The Bertz CT molecular complexity index is 2400. The normalized spacial score (nSPS) is 15.5. The van der Waals surface area contributed by atoms with Crippen molar-refractivity contribution in [1.29, 1.82) is 0 Å². The van der Waals surface area contributed by atoms with Crippen LogP contribution in [0.2, 0.25) is 0 Å². The van der Waals surface area contributed by atoms with E-state index in [1.54, 1.807) is 53.0 Å². The fourth-order valence-electron chi connectivity index (χ4n) is 9.49. The maximum absolute atomic E-state index is 13.7. The second-order valence-electron chi connectivity index (χ2n) is 24.3. The summed E-state index contributed by atoms with van der Waals surface area (Å²) in [4.78, 5) is 81.7. The lowest BCUT2D eigenvalue weighted by Crippen LogP contribution is -2.45. The molecule has 1 N–H and O–H groups in total. The summed E-state index contributed by atoms with van der Waals surface area (Å²) in [6, 6.07) is 3.84. The van der Waals surface area contributed by atoms with E-state index in [1.807, 2.05) is 25.7 Å². The third kappa shape index (κ3) is 43.7. The number of imide groups is 1. The fourth-order valence-corrected chi connectivity index (χ4v) is 9.49. The molecule has 3 rings (SSSR count). The van der Waals surface area contributed by atoms with Crippen LogP contribution in [0.4, 0.5) is 0 Å². The average Bonchev–Trinajstić information content (AvgIpc) is 1.68. The first-order chi connectivity index (χ1) is 48.0. The van der Waals surface area contributed by atoms with Gasteiger partial charge in [-0.25, -0.2) is 0 Å². The van der Waals surface area contributed by atoms with Crippen LogP contribution < -0.4 is 5.32 Å². The fraction of sp³-hybridized carbons (Fsp3) is 0.775. The van der Waals surface area contributed by atoms with E-state index in [1.165, 1.54) is 17.1 Å². The summed E-state index contributed by atoms with van der Waals surface area (Å²) in [5.41, 5.74) is 1.13. The number of rotatable bonds is 65. The summed E-state index contributed by atoms with van der Waals surface area (Å²) in [5.74, 6) is 3.23. The van der Waals surface area contributed by atoms with Crippen LogP contribution in [0.1, 0.15) is 78.0 Å². The van der Waals surface area contributed by atoms with Gasteiger partial charge in [0.2, 0.25) is 5.91 Å². The van der Waals surface area contributed by atoms with Crippen molar-refractivity contribution in [3.8, 4) is 11.8 Å². The molecule has 0 spiro atoms. The molecule has 566 valence electrons. The molecular formula is C71H117N3O25. The predicted octanol–water partition coefficient (Wildman–Crippen LogP) is 3.29. The van der Waals surface area contributed by atoms with Gasteiger partial charge in [-0.3, -0.25) is 38.6 Å². The molecule has 0 aliphatic carbocycles. The number of hydrogen-bond acceptors (Lipinski definition) is 26. The summed E-state index contributed by atoms with van der Waals surface area (Å²) in [6.45, 7) is 28.5. The van der Waals surface area contributed by atoms with Gasteiger partial charge in [0.25, 0.3) is 11.8 Å². The molecule has 4 atom stereocenters. The van der Waals surface area contributed by atoms with Crippen LogP contribution in [0.5, 0.6) is 0 Å². The smallest absolute Gasteiger partial charge is 0.311 e. The van der Waals surface area contributed by atoms with Gasteiger partial charge in [-0.2, -0.15) is 0 Å². The number of benzene rings is 1. The van der Waals surface area contributed by atoms with Gasteiger partial charge in [-0.15, -0.1) is 0 Å². The minimum absolute atomic E-state index is 0.0193. The third-order valence-electron chi connectivity index (χ3n) is 15.0. The van der Waals surface area contributed by atoms with Gasteiger partial charge in [0, 0.05) is 68.3 Å². The van der Waals surface area contributed by atoms with E-state index in [4.69, 9.17) is 90.0 Å². The Labute approximate surface area is 587 Å². The van der Waals surface area contributed by atoms with Gasteiger partial charge in [0.05, 0.1) is 242 Å². The standard InChI is InChI=1S/C71H117N3O25/c1-9-82-56-63-51-62(74-67(77)14-15-68(74)78)53-73(63)54-64(75)52-65(57(2)3)69(79)72-58(4)66(76)50-59-12-13-61(55-99-70(80)71(5,6)7)60(49-59)11-10-16-83-19-20-85-23-24-87-27-28-89-31-32-91-35-36-93-39-40-95-43-44-97-47-48-98-46-45-96-42-41-94-38-37-92-34-33-90-30-29-88-26-25-86-22-21-84-18-17-81-8/h12-15,49,57-58,62-63,65H,9,16-48,50-56H2,1-8H3,(H,72,79)/t58-,62-,63-,65-/m0/s1. The molecule has 3 amide bonds. The Morgan fingerprint density at radius 3 is 1.32 bits per heavy atom. The Balaban J connectivity index is 1.13. The molecule has 0 saturated carbocycles. The summed E-state index contributed by atoms with van der Waals surface area (Å²) in [7, 11) is 1.64. The Hall–Kier alpha value is -4.82. The van der Waals surface area contributed by atoms with Gasteiger partial charge in [0.1, 0.15) is 19.0 Å². The molecule has 2 heterocycles. The molecule has 1 saturated heterocycles. The van der Waals surface area contributed by atoms with Gasteiger partial charge in [-0.05, 0) is 58.6 Å². The number of methoxy groups -OCH3 is 1. The molecule has 0 bridgehead atoms. The highest BCUT2D eigenvalue weighted by atomic mass is 16.6. The van der Waals surface area contributed by atoms with E-state index in [-0.39, 0.29) is 73.9 Å². The highest BCUT2D eigenvalue weighted by Crippen LogP contribution is 2.27. The van der Waals surface area contributed by atoms with Crippen molar-refractivity contribution in [1.82, 2.24) is 15.1 Å². The lowest BCUT2D eigenvalue weighted by Gasteiger charge is -2.26. The van der Waals surface area contributed by atoms with E-state index >= 15 is 0 Å². The first-order valence-electron chi connectivity index (χ1n) is 34.8. The van der Waals surface area contributed by atoms with E-state index in [0.29, 0.717) is 254 Å². The molecule has 0 aromatic heterocycles. The zero-order valence-electron chi connectivity index (χ0n) is 60.4. The number of nitrogens with one attached hydrogen (secondary N) is 1. The maximum Gasteiger partial charge on any atom is 0.311 e. The van der Waals surface area contributed by atoms with Crippen LogP contribution in [0.25, 0.3) is 0 Å². The summed E-state index contributed by atoms with van der Waals surface area (Å²) < 4.78 is 105. The highest BCUT2D eigenvalue weighted by Gasteiger charge is 2.41. The van der Waals surface area contributed by atoms with Gasteiger partial charge >= 0.3 is 5.97 Å². The van der Waals surface area contributed by atoms with Crippen LogP contribution in [-0.2, 0) is 132 Å². The van der Waals surface area contributed by atoms with Crippen LogP contribution in [0.15, 0.2) is 30.4 Å². The van der Waals surface area contributed by atoms with Gasteiger partial charge in [-0.1, -0.05) is 37.8 Å². The quantitative estimate of drug-likeness (QED) is 0.0423. The number of amides is 3. The molecule has 2 aliphatic heterocycles. The van der Waals surface area contributed by atoms with Crippen molar-refractivity contribution in [3.63, 3.8) is 0 Å². The number of ether oxygens (including phenoxy) is 19. The molecule has 1 aromatic carbocycles. The number of carbonyl (C=O) groups excluding carboxylic acids is 6. The zero-order valence-corrected chi connectivity index (χ0v) is 60.4. The molecule has 1 aromatic rings. The Kier molecular flexibility index (Phi) is 51.5. The largest absolute Gasteiger partial charge is 0.460 e. The lowest BCUT2D eigenvalue weighted by molar-refractivity contribution is -0.154. The van der Waals surface area contributed by atoms with Crippen LogP contribution >= 0.6 is 0 Å². The van der Waals surface area contributed by atoms with Crippen molar-refractivity contribution in [3.05, 3.63) is 47.0 Å². The maximum atomic E-state index is 13.7.